The number of amides is 2. The van der Waals surface area contributed by atoms with Crippen molar-refractivity contribution in [3.63, 3.8) is 0 Å². The number of pyridine rings is 1. The van der Waals surface area contributed by atoms with Gasteiger partial charge in [0, 0.05) is 43.9 Å². The molecular formula is C21H29N3O4. The zero-order valence-corrected chi connectivity index (χ0v) is 16.9. The number of carbonyl (C=O) groups excluding carboxylic acids is 2. The molecule has 0 radical (unpaired) electrons. The van der Waals surface area contributed by atoms with Crippen molar-refractivity contribution in [1.29, 1.82) is 0 Å². The summed E-state index contributed by atoms with van der Waals surface area (Å²) in [5, 5.41) is 0. The van der Waals surface area contributed by atoms with Crippen molar-refractivity contribution in [2.24, 2.45) is 5.92 Å². The van der Waals surface area contributed by atoms with Crippen LogP contribution in [0.3, 0.4) is 0 Å². The van der Waals surface area contributed by atoms with Gasteiger partial charge in [0.1, 0.15) is 11.6 Å². The van der Waals surface area contributed by atoms with Gasteiger partial charge in [0.15, 0.2) is 0 Å². The number of piperidine rings is 1. The van der Waals surface area contributed by atoms with Gasteiger partial charge < -0.3 is 14.2 Å². The van der Waals surface area contributed by atoms with Crippen LogP contribution in [0.25, 0.3) is 0 Å². The highest BCUT2D eigenvalue weighted by molar-refractivity contribution is 5.86. The SMILES string of the molecule is CC(C)(C)OC(=O)N1CCC[C@@H]1C(=O)N1CC2CC(C1)c1cccc(=O)n1C2. The molecule has 2 amide bonds. The van der Waals surface area contributed by atoms with Crippen LogP contribution in [0.2, 0.25) is 0 Å². The monoisotopic (exact) mass is 387 g/mol. The molecule has 2 saturated heterocycles. The maximum Gasteiger partial charge on any atom is 0.410 e. The van der Waals surface area contributed by atoms with Crippen LogP contribution < -0.4 is 5.56 Å². The predicted octanol–water partition coefficient (Wildman–Crippen LogP) is 2.19. The summed E-state index contributed by atoms with van der Waals surface area (Å²) in [5.41, 5.74) is 0.488. The number of likely N-dealkylation sites (tertiary alicyclic amines) is 2. The van der Waals surface area contributed by atoms with E-state index in [-0.39, 0.29) is 23.3 Å². The summed E-state index contributed by atoms with van der Waals surface area (Å²) in [6, 6.07) is 4.96. The van der Waals surface area contributed by atoms with Crippen molar-refractivity contribution < 1.29 is 14.3 Å². The molecule has 7 heteroatoms. The Morgan fingerprint density at radius 1 is 1.14 bits per heavy atom. The summed E-state index contributed by atoms with van der Waals surface area (Å²) in [5.74, 6) is 0.484. The van der Waals surface area contributed by atoms with Crippen LogP contribution in [0.1, 0.15) is 51.6 Å². The molecule has 152 valence electrons. The van der Waals surface area contributed by atoms with Crippen molar-refractivity contribution in [2.75, 3.05) is 19.6 Å². The molecule has 1 aromatic heterocycles. The van der Waals surface area contributed by atoms with Crippen LogP contribution >= 0.6 is 0 Å². The molecule has 0 aromatic carbocycles. The molecule has 28 heavy (non-hydrogen) atoms. The minimum atomic E-state index is -0.577. The molecule has 0 spiro atoms. The fourth-order valence-electron chi connectivity index (χ4n) is 4.85. The molecule has 0 saturated carbocycles. The van der Waals surface area contributed by atoms with E-state index in [0.29, 0.717) is 32.6 Å². The molecule has 1 aromatic rings. The number of hydrogen-bond acceptors (Lipinski definition) is 4. The molecule has 3 aliphatic rings. The molecule has 4 heterocycles. The number of fused-ring (bicyclic) bond motifs is 4. The van der Waals surface area contributed by atoms with Crippen LogP contribution in [0.15, 0.2) is 23.0 Å². The quantitative estimate of drug-likeness (QED) is 0.741. The minimum absolute atomic E-state index is 0.0183. The van der Waals surface area contributed by atoms with Crippen LogP contribution in [-0.4, -0.2) is 57.6 Å². The van der Waals surface area contributed by atoms with Gasteiger partial charge >= 0.3 is 6.09 Å². The predicted molar refractivity (Wildman–Crippen MR) is 104 cm³/mol. The van der Waals surface area contributed by atoms with Gasteiger partial charge in [0.2, 0.25) is 5.91 Å². The summed E-state index contributed by atoms with van der Waals surface area (Å²) < 4.78 is 7.37. The molecule has 2 fully saturated rings. The first kappa shape index (κ1) is 19.0. The van der Waals surface area contributed by atoms with Crippen LogP contribution in [-0.2, 0) is 16.1 Å². The summed E-state index contributed by atoms with van der Waals surface area (Å²) in [7, 11) is 0. The van der Waals surface area contributed by atoms with E-state index >= 15 is 0 Å². The zero-order chi connectivity index (χ0) is 20.1. The number of carbonyl (C=O) groups is 2. The maximum absolute atomic E-state index is 13.3. The lowest BCUT2D eigenvalue weighted by molar-refractivity contribution is -0.138. The van der Waals surface area contributed by atoms with E-state index in [1.165, 1.54) is 0 Å². The number of ether oxygens (including phenoxy) is 1. The normalized spacial score (nSPS) is 26.8. The van der Waals surface area contributed by atoms with E-state index in [1.807, 2.05) is 36.3 Å². The standard InChI is InChI=1S/C21H29N3O4/c1-21(2,3)28-20(27)23-9-5-7-17(23)19(26)22-11-14-10-15(13-22)16-6-4-8-18(25)24(16)12-14/h4,6,8,14-15,17H,5,7,9-13H2,1-3H3/t14?,15?,17-/m1/s1. The van der Waals surface area contributed by atoms with Crippen LogP contribution in [0, 0.1) is 5.92 Å². The highest BCUT2D eigenvalue weighted by Gasteiger charge is 2.42. The van der Waals surface area contributed by atoms with Gasteiger partial charge in [0.05, 0.1) is 0 Å². The largest absolute Gasteiger partial charge is 0.444 e. The lowest BCUT2D eigenvalue weighted by Crippen LogP contribution is -2.54. The fraction of sp³-hybridized carbons (Fsp3) is 0.667. The average molecular weight is 387 g/mol. The second-order valence-corrected chi connectivity index (χ2v) is 9.27. The van der Waals surface area contributed by atoms with E-state index < -0.39 is 17.7 Å². The number of hydrogen-bond donors (Lipinski definition) is 0. The zero-order valence-electron chi connectivity index (χ0n) is 16.9. The van der Waals surface area contributed by atoms with E-state index in [9.17, 15) is 14.4 Å². The number of rotatable bonds is 1. The smallest absolute Gasteiger partial charge is 0.410 e. The van der Waals surface area contributed by atoms with Gasteiger partial charge in [-0.15, -0.1) is 0 Å². The third-order valence-corrected chi connectivity index (χ3v) is 5.96. The topological polar surface area (TPSA) is 71.8 Å². The Labute approximate surface area is 165 Å². The van der Waals surface area contributed by atoms with Crippen molar-refractivity contribution in [3.8, 4) is 0 Å². The van der Waals surface area contributed by atoms with E-state index in [4.69, 9.17) is 4.74 Å². The Morgan fingerprint density at radius 3 is 2.68 bits per heavy atom. The molecule has 7 nitrogen and oxygen atoms in total. The van der Waals surface area contributed by atoms with E-state index in [1.54, 1.807) is 17.0 Å². The molecular weight excluding hydrogens is 358 g/mol. The summed E-state index contributed by atoms with van der Waals surface area (Å²) in [6.07, 6.45) is 2.10. The second-order valence-electron chi connectivity index (χ2n) is 9.27. The van der Waals surface area contributed by atoms with E-state index in [0.717, 1.165) is 18.5 Å². The van der Waals surface area contributed by atoms with Gasteiger partial charge in [0.25, 0.3) is 5.56 Å². The lowest BCUT2D eigenvalue weighted by Gasteiger charge is -2.44. The van der Waals surface area contributed by atoms with Gasteiger partial charge in [-0.2, -0.15) is 0 Å². The molecule has 4 rings (SSSR count). The van der Waals surface area contributed by atoms with Gasteiger partial charge in [-0.3, -0.25) is 14.5 Å². The number of aromatic nitrogens is 1. The first-order chi connectivity index (χ1) is 13.2. The second kappa shape index (κ2) is 6.94. The molecule has 0 aliphatic carbocycles. The molecule has 2 bridgehead atoms. The van der Waals surface area contributed by atoms with Gasteiger partial charge in [-0.25, -0.2) is 4.79 Å². The van der Waals surface area contributed by atoms with Gasteiger partial charge in [-0.1, -0.05) is 6.07 Å². The molecule has 0 N–H and O–H groups in total. The van der Waals surface area contributed by atoms with Gasteiger partial charge in [-0.05, 0) is 52.0 Å². The van der Waals surface area contributed by atoms with Crippen molar-refractivity contribution in [2.45, 2.75) is 64.1 Å². The molecule has 3 atom stereocenters. The Balaban J connectivity index is 1.50. The molecule has 2 unspecified atom stereocenters. The highest BCUT2D eigenvalue weighted by Crippen LogP contribution is 2.36. The third kappa shape index (κ3) is 3.54. The number of nitrogens with zero attached hydrogens (tertiary/aromatic N) is 3. The van der Waals surface area contributed by atoms with Crippen LogP contribution in [0.4, 0.5) is 4.79 Å². The lowest BCUT2D eigenvalue weighted by atomic mass is 9.83. The van der Waals surface area contributed by atoms with Crippen molar-refractivity contribution in [1.82, 2.24) is 14.4 Å². The minimum Gasteiger partial charge on any atom is -0.444 e. The van der Waals surface area contributed by atoms with Crippen molar-refractivity contribution >= 4 is 12.0 Å². The maximum atomic E-state index is 13.3. The third-order valence-electron chi connectivity index (χ3n) is 5.96. The van der Waals surface area contributed by atoms with Crippen molar-refractivity contribution in [3.05, 3.63) is 34.2 Å². The summed E-state index contributed by atoms with van der Waals surface area (Å²) >= 11 is 0. The average Bonchev–Trinajstić information content (AvgIpc) is 3.10. The Kier molecular flexibility index (Phi) is 4.71. The summed E-state index contributed by atoms with van der Waals surface area (Å²) in [6.45, 7) is 7.99. The van der Waals surface area contributed by atoms with Crippen LogP contribution in [0.5, 0.6) is 0 Å². The summed E-state index contributed by atoms with van der Waals surface area (Å²) in [4.78, 5) is 41.5. The Hall–Kier alpha value is -2.31. The fourth-order valence-corrected chi connectivity index (χ4v) is 4.85. The Bertz CT molecular complexity index is 841. The molecule has 3 aliphatic heterocycles. The first-order valence-electron chi connectivity index (χ1n) is 10.2. The Morgan fingerprint density at radius 2 is 1.93 bits per heavy atom. The first-order valence-corrected chi connectivity index (χ1v) is 10.2. The highest BCUT2D eigenvalue weighted by atomic mass is 16.6. The van der Waals surface area contributed by atoms with E-state index in [2.05, 4.69) is 0 Å².